The van der Waals surface area contributed by atoms with Crippen LogP contribution in [-0.4, -0.2) is 13.1 Å². The van der Waals surface area contributed by atoms with Crippen LogP contribution in [-0.2, 0) is 4.74 Å². The molecule has 0 radical (unpaired) electrons. The summed E-state index contributed by atoms with van der Waals surface area (Å²) in [6.45, 7) is 4.17. The molecule has 0 atom stereocenters. The van der Waals surface area contributed by atoms with E-state index < -0.39 is 0 Å². The van der Waals surface area contributed by atoms with Crippen molar-refractivity contribution in [2.45, 2.75) is 13.8 Å². The molecule has 27 heavy (non-hydrogen) atoms. The van der Waals surface area contributed by atoms with Crippen molar-refractivity contribution in [3.05, 3.63) is 82.7 Å². The third-order valence-electron chi connectivity index (χ3n) is 4.80. The Labute approximate surface area is 163 Å². The molecule has 0 amide bonds. The Balaban J connectivity index is 1.97. The van der Waals surface area contributed by atoms with Gasteiger partial charge in [0, 0.05) is 10.1 Å². The quantitative estimate of drug-likeness (QED) is 0.377. The molecule has 4 aromatic rings. The average Bonchev–Trinajstić information content (AvgIpc) is 3.13. The van der Waals surface area contributed by atoms with Crippen LogP contribution in [0.4, 0.5) is 0 Å². The van der Waals surface area contributed by atoms with Crippen molar-refractivity contribution in [3.8, 4) is 22.3 Å². The summed E-state index contributed by atoms with van der Waals surface area (Å²) in [6, 6.07) is 23.2. The van der Waals surface area contributed by atoms with E-state index in [-0.39, 0.29) is 5.97 Å². The predicted molar refractivity (Wildman–Crippen MR) is 114 cm³/mol. The van der Waals surface area contributed by atoms with E-state index in [4.69, 9.17) is 4.74 Å². The molecule has 0 N–H and O–H groups in total. The summed E-state index contributed by atoms with van der Waals surface area (Å²) in [5.74, 6) is -0.291. The second kappa shape index (κ2) is 7.01. The summed E-state index contributed by atoms with van der Waals surface area (Å²) in [7, 11) is 1.43. The first-order valence-corrected chi connectivity index (χ1v) is 9.67. The maximum Gasteiger partial charge on any atom is 0.348 e. The van der Waals surface area contributed by atoms with Crippen LogP contribution in [0.2, 0.25) is 0 Å². The van der Waals surface area contributed by atoms with Crippen molar-refractivity contribution in [1.29, 1.82) is 0 Å². The van der Waals surface area contributed by atoms with Crippen molar-refractivity contribution < 1.29 is 9.53 Å². The Hall–Kier alpha value is -2.91. The minimum atomic E-state index is -0.291. The highest BCUT2D eigenvalue weighted by Crippen LogP contribution is 2.40. The lowest BCUT2D eigenvalue weighted by Gasteiger charge is -2.09. The molecule has 1 aromatic heterocycles. The van der Waals surface area contributed by atoms with Crippen LogP contribution in [0.1, 0.15) is 20.8 Å². The molecule has 0 unspecified atom stereocenters. The highest BCUT2D eigenvalue weighted by Gasteiger charge is 2.17. The third-order valence-corrected chi connectivity index (χ3v) is 5.94. The van der Waals surface area contributed by atoms with Crippen LogP contribution < -0.4 is 0 Å². The van der Waals surface area contributed by atoms with Gasteiger partial charge in [-0.2, -0.15) is 0 Å². The zero-order chi connectivity index (χ0) is 19.0. The fraction of sp³-hybridized carbons (Fsp3) is 0.125. The van der Waals surface area contributed by atoms with Crippen LogP contribution in [0.3, 0.4) is 0 Å². The number of methoxy groups -OCH3 is 1. The lowest BCUT2D eigenvalue weighted by atomic mass is 9.96. The Kier molecular flexibility index (Phi) is 4.54. The van der Waals surface area contributed by atoms with Gasteiger partial charge in [-0.15, -0.1) is 11.3 Å². The fourth-order valence-corrected chi connectivity index (χ4v) is 4.41. The van der Waals surface area contributed by atoms with Gasteiger partial charge >= 0.3 is 5.97 Å². The van der Waals surface area contributed by atoms with Crippen LogP contribution >= 0.6 is 11.3 Å². The molecule has 3 aromatic carbocycles. The van der Waals surface area contributed by atoms with E-state index in [9.17, 15) is 4.79 Å². The number of carbonyl (C=O) groups is 1. The fourth-order valence-electron chi connectivity index (χ4n) is 3.27. The van der Waals surface area contributed by atoms with Crippen LogP contribution in [0.15, 0.2) is 66.7 Å². The second-order valence-corrected chi connectivity index (χ2v) is 7.79. The highest BCUT2D eigenvalue weighted by molar-refractivity contribution is 7.21. The second-order valence-electron chi connectivity index (χ2n) is 6.74. The molecular weight excluding hydrogens is 352 g/mol. The molecule has 2 nitrogen and oxygen atoms in total. The van der Waals surface area contributed by atoms with Gasteiger partial charge in [-0.25, -0.2) is 4.79 Å². The number of thiophene rings is 1. The maximum absolute atomic E-state index is 12.2. The number of hydrogen-bond donors (Lipinski definition) is 0. The van der Waals surface area contributed by atoms with E-state index in [1.165, 1.54) is 29.6 Å². The predicted octanol–water partition coefficient (Wildman–Crippen LogP) is 6.64. The molecule has 134 valence electrons. The van der Waals surface area contributed by atoms with Crippen LogP contribution in [0, 0.1) is 13.8 Å². The average molecular weight is 372 g/mol. The van der Waals surface area contributed by atoms with Crippen molar-refractivity contribution >= 4 is 27.4 Å². The molecular formula is C24H20O2S. The molecule has 3 heteroatoms. The number of rotatable bonds is 3. The topological polar surface area (TPSA) is 26.3 Å². The van der Waals surface area contributed by atoms with E-state index >= 15 is 0 Å². The molecule has 4 rings (SSSR count). The monoisotopic (exact) mass is 372 g/mol. The molecule has 0 aliphatic carbocycles. The zero-order valence-corrected chi connectivity index (χ0v) is 16.4. The molecule has 0 aliphatic rings. The first-order valence-electron chi connectivity index (χ1n) is 8.86. The van der Waals surface area contributed by atoms with Crippen molar-refractivity contribution in [1.82, 2.24) is 0 Å². The first-order chi connectivity index (χ1) is 13.1. The number of ether oxygens (including phenoxy) is 1. The van der Waals surface area contributed by atoms with Gasteiger partial charge in [0.1, 0.15) is 4.88 Å². The van der Waals surface area contributed by atoms with E-state index in [2.05, 4.69) is 74.5 Å². The Morgan fingerprint density at radius 2 is 1.30 bits per heavy atom. The summed E-state index contributed by atoms with van der Waals surface area (Å²) in [4.78, 5) is 12.8. The minimum Gasteiger partial charge on any atom is -0.465 e. The summed E-state index contributed by atoms with van der Waals surface area (Å²) in [5, 5.41) is 1.09. The van der Waals surface area contributed by atoms with E-state index in [1.54, 1.807) is 0 Å². The molecule has 0 fully saturated rings. The number of fused-ring (bicyclic) bond motifs is 1. The number of hydrogen-bond acceptors (Lipinski definition) is 3. The van der Waals surface area contributed by atoms with Gasteiger partial charge in [0.25, 0.3) is 0 Å². The van der Waals surface area contributed by atoms with Crippen LogP contribution in [0.5, 0.6) is 0 Å². The molecule has 0 bridgehead atoms. The Morgan fingerprint density at radius 3 is 1.85 bits per heavy atom. The van der Waals surface area contributed by atoms with E-state index in [0.29, 0.717) is 4.88 Å². The summed E-state index contributed by atoms with van der Waals surface area (Å²) in [5.41, 5.74) is 7.03. The standard InChI is InChI=1S/C24H20O2S/c1-15-4-8-17(9-5-15)19-12-13-20(18-10-6-16(2)7-11-18)23-21(19)14-22(27-23)24(25)26-3/h4-14H,1-3H3. The normalized spacial score (nSPS) is 10.9. The lowest BCUT2D eigenvalue weighted by Crippen LogP contribution is -1.96. The smallest absolute Gasteiger partial charge is 0.348 e. The Bertz CT molecular complexity index is 1040. The maximum atomic E-state index is 12.2. The number of esters is 1. The number of carbonyl (C=O) groups excluding carboxylic acids is 1. The minimum absolute atomic E-state index is 0.291. The van der Waals surface area contributed by atoms with Crippen molar-refractivity contribution in [2.24, 2.45) is 0 Å². The molecule has 0 aliphatic heterocycles. The van der Waals surface area contributed by atoms with Crippen molar-refractivity contribution in [3.63, 3.8) is 0 Å². The third kappa shape index (κ3) is 3.26. The molecule has 0 saturated heterocycles. The van der Waals surface area contributed by atoms with Gasteiger partial charge in [0.05, 0.1) is 7.11 Å². The van der Waals surface area contributed by atoms with E-state index in [0.717, 1.165) is 32.3 Å². The van der Waals surface area contributed by atoms with E-state index in [1.807, 2.05) is 6.07 Å². The lowest BCUT2D eigenvalue weighted by molar-refractivity contribution is 0.0606. The largest absolute Gasteiger partial charge is 0.465 e. The van der Waals surface area contributed by atoms with Gasteiger partial charge in [-0.1, -0.05) is 71.8 Å². The Morgan fingerprint density at radius 1 is 0.778 bits per heavy atom. The van der Waals surface area contributed by atoms with Crippen LogP contribution in [0.25, 0.3) is 32.3 Å². The molecule has 0 spiro atoms. The van der Waals surface area contributed by atoms with Gasteiger partial charge in [-0.3, -0.25) is 0 Å². The number of benzene rings is 3. The van der Waals surface area contributed by atoms with Crippen molar-refractivity contribution in [2.75, 3.05) is 7.11 Å². The van der Waals surface area contributed by atoms with Gasteiger partial charge in [0.2, 0.25) is 0 Å². The van der Waals surface area contributed by atoms with Gasteiger partial charge in [-0.05, 0) is 42.2 Å². The molecule has 0 saturated carbocycles. The van der Waals surface area contributed by atoms with Gasteiger partial charge < -0.3 is 4.74 Å². The first kappa shape index (κ1) is 17.5. The van der Waals surface area contributed by atoms with Gasteiger partial charge in [0.15, 0.2) is 0 Å². The highest BCUT2D eigenvalue weighted by atomic mass is 32.1. The number of aryl methyl sites for hydroxylation is 2. The summed E-state index contributed by atoms with van der Waals surface area (Å²) < 4.78 is 6.07. The zero-order valence-electron chi connectivity index (χ0n) is 15.6. The summed E-state index contributed by atoms with van der Waals surface area (Å²) in [6.07, 6.45) is 0. The summed E-state index contributed by atoms with van der Waals surface area (Å²) >= 11 is 1.49. The molecule has 1 heterocycles. The SMILES string of the molecule is COC(=O)c1cc2c(-c3ccc(C)cc3)ccc(-c3ccc(C)cc3)c2s1.